The van der Waals surface area contributed by atoms with Crippen molar-refractivity contribution in [3.8, 4) is 11.3 Å². The highest BCUT2D eigenvalue weighted by molar-refractivity contribution is 5.58. The van der Waals surface area contributed by atoms with Crippen LogP contribution in [0.4, 0.5) is 4.39 Å². The zero-order valence-corrected chi connectivity index (χ0v) is 13.2. The number of rotatable bonds is 5. The first-order chi connectivity index (χ1) is 11.2. The maximum atomic E-state index is 13.0. The largest absolute Gasteiger partial charge is 0.303 e. The van der Waals surface area contributed by atoms with E-state index in [1.54, 1.807) is 12.1 Å². The summed E-state index contributed by atoms with van der Waals surface area (Å²) >= 11 is 0. The lowest BCUT2D eigenvalue weighted by Crippen LogP contribution is -2.15. The van der Waals surface area contributed by atoms with Crippen LogP contribution in [0.1, 0.15) is 37.7 Å². The summed E-state index contributed by atoms with van der Waals surface area (Å²) in [5, 5.41) is 0. The number of carbonyl (C=O) groups excluding carboxylic acids is 1. The molecule has 2 nitrogen and oxygen atoms in total. The number of nitrogens with zero attached hydrogens (tertiary/aromatic N) is 1. The number of aldehydes is 1. The average molecular weight is 311 g/mol. The third-order valence-electron chi connectivity index (χ3n) is 4.89. The van der Waals surface area contributed by atoms with Gasteiger partial charge in [0.15, 0.2) is 0 Å². The summed E-state index contributed by atoms with van der Waals surface area (Å²) in [7, 11) is 0. The molecule has 1 fully saturated rings. The number of aromatic nitrogens is 1. The molecule has 0 radical (unpaired) electrons. The van der Waals surface area contributed by atoms with E-state index in [4.69, 9.17) is 0 Å². The topological polar surface area (TPSA) is 30.0 Å². The lowest BCUT2D eigenvalue weighted by atomic mass is 9.80. The SMILES string of the molecule is O=C[C@H]1CC[C@H](CCc2ccc(-c3ccc(F)cc3)nc2)CC1. The van der Waals surface area contributed by atoms with Crippen LogP contribution in [0, 0.1) is 17.7 Å². The Morgan fingerprint density at radius 1 is 1.04 bits per heavy atom. The molecule has 0 amide bonds. The van der Waals surface area contributed by atoms with Gasteiger partial charge in [-0.25, -0.2) is 4.39 Å². The third-order valence-corrected chi connectivity index (χ3v) is 4.89. The maximum absolute atomic E-state index is 13.0. The predicted molar refractivity (Wildman–Crippen MR) is 89.5 cm³/mol. The summed E-state index contributed by atoms with van der Waals surface area (Å²) in [5.41, 5.74) is 3.05. The van der Waals surface area contributed by atoms with Crippen molar-refractivity contribution in [3.63, 3.8) is 0 Å². The van der Waals surface area contributed by atoms with Crippen LogP contribution < -0.4 is 0 Å². The second-order valence-electron chi connectivity index (χ2n) is 6.51. The Labute approximate surface area is 136 Å². The summed E-state index contributed by atoms with van der Waals surface area (Å²) in [6.45, 7) is 0. The van der Waals surface area contributed by atoms with Crippen LogP contribution >= 0.6 is 0 Å². The average Bonchev–Trinajstić information content (AvgIpc) is 2.61. The molecule has 0 N–H and O–H groups in total. The van der Waals surface area contributed by atoms with Gasteiger partial charge in [-0.2, -0.15) is 0 Å². The van der Waals surface area contributed by atoms with Gasteiger partial charge in [-0.1, -0.05) is 6.07 Å². The van der Waals surface area contributed by atoms with Crippen LogP contribution in [-0.2, 0) is 11.2 Å². The van der Waals surface area contributed by atoms with Gasteiger partial charge in [0.05, 0.1) is 5.69 Å². The quantitative estimate of drug-likeness (QED) is 0.741. The van der Waals surface area contributed by atoms with Crippen LogP contribution in [-0.4, -0.2) is 11.3 Å². The molecule has 0 saturated heterocycles. The highest BCUT2D eigenvalue weighted by atomic mass is 19.1. The number of halogens is 1. The van der Waals surface area contributed by atoms with Crippen LogP contribution in [0.5, 0.6) is 0 Å². The minimum absolute atomic E-state index is 0.227. The van der Waals surface area contributed by atoms with Gasteiger partial charge < -0.3 is 4.79 Å². The number of hydrogen-bond acceptors (Lipinski definition) is 2. The molecular weight excluding hydrogens is 289 g/mol. The number of hydrogen-bond donors (Lipinski definition) is 0. The van der Waals surface area contributed by atoms with E-state index in [2.05, 4.69) is 11.1 Å². The maximum Gasteiger partial charge on any atom is 0.123 e. The van der Waals surface area contributed by atoms with Gasteiger partial charge in [0.2, 0.25) is 0 Å². The van der Waals surface area contributed by atoms with Crippen LogP contribution in [0.3, 0.4) is 0 Å². The van der Waals surface area contributed by atoms with Crippen LogP contribution in [0.25, 0.3) is 11.3 Å². The Bertz CT molecular complexity index is 628. The van der Waals surface area contributed by atoms with Crippen molar-refractivity contribution in [1.29, 1.82) is 0 Å². The molecule has 3 rings (SSSR count). The molecule has 0 aliphatic heterocycles. The molecule has 2 aromatic rings. The first-order valence-corrected chi connectivity index (χ1v) is 8.41. The van der Waals surface area contributed by atoms with Gasteiger partial charge in [0.1, 0.15) is 12.1 Å². The van der Waals surface area contributed by atoms with Crippen molar-refractivity contribution in [3.05, 3.63) is 54.0 Å². The van der Waals surface area contributed by atoms with Gasteiger partial charge in [0, 0.05) is 17.7 Å². The summed E-state index contributed by atoms with van der Waals surface area (Å²) in [5.74, 6) is 0.806. The summed E-state index contributed by atoms with van der Waals surface area (Å²) < 4.78 is 13.0. The molecule has 120 valence electrons. The van der Waals surface area contributed by atoms with E-state index >= 15 is 0 Å². The van der Waals surface area contributed by atoms with Crippen LogP contribution in [0.2, 0.25) is 0 Å². The fraction of sp³-hybridized carbons (Fsp3) is 0.400. The smallest absolute Gasteiger partial charge is 0.123 e. The van der Waals surface area contributed by atoms with Crippen molar-refractivity contribution in [1.82, 2.24) is 4.98 Å². The van der Waals surface area contributed by atoms with Gasteiger partial charge >= 0.3 is 0 Å². The van der Waals surface area contributed by atoms with Crippen molar-refractivity contribution in [2.24, 2.45) is 11.8 Å². The molecule has 0 atom stereocenters. The summed E-state index contributed by atoms with van der Waals surface area (Å²) in [6, 6.07) is 10.5. The fourth-order valence-corrected chi connectivity index (χ4v) is 3.35. The standard InChI is InChI=1S/C20H22FNO/c21-19-10-8-18(9-11-19)20-12-7-16(13-22-20)4-1-15-2-5-17(14-23)6-3-15/h7-15,17H,1-6H2/t15-,17-. The fourth-order valence-electron chi connectivity index (χ4n) is 3.35. The molecule has 0 unspecified atom stereocenters. The molecule has 1 heterocycles. The summed E-state index contributed by atoms with van der Waals surface area (Å²) in [6.07, 6.45) is 9.70. The molecule has 23 heavy (non-hydrogen) atoms. The van der Waals surface area contributed by atoms with Crippen molar-refractivity contribution in [2.45, 2.75) is 38.5 Å². The number of pyridine rings is 1. The van der Waals surface area contributed by atoms with Gasteiger partial charge in [-0.3, -0.25) is 4.98 Å². The Morgan fingerprint density at radius 2 is 1.78 bits per heavy atom. The summed E-state index contributed by atoms with van der Waals surface area (Å²) in [4.78, 5) is 15.3. The van der Waals surface area contributed by atoms with Crippen molar-refractivity contribution in [2.75, 3.05) is 0 Å². The third kappa shape index (κ3) is 4.25. The molecule has 0 spiro atoms. The van der Waals surface area contributed by atoms with Crippen molar-refractivity contribution >= 4 is 6.29 Å². The molecule has 1 aromatic heterocycles. The second-order valence-corrected chi connectivity index (χ2v) is 6.51. The highest BCUT2D eigenvalue weighted by Gasteiger charge is 2.20. The molecule has 0 bridgehead atoms. The van der Waals surface area contributed by atoms with E-state index in [1.807, 2.05) is 12.3 Å². The lowest BCUT2D eigenvalue weighted by Gasteiger charge is -2.25. The zero-order chi connectivity index (χ0) is 16.1. The van der Waals surface area contributed by atoms with Crippen molar-refractivity contribution < 1.29 is 9.18 Å². The van der Waals surface area contributed by atoms with E-state index < -0.39 is 0 Å². The Kier molecular flexibility index (Phi) is 5.16. The molecule has 1 aromatic carbocycles. The van der Waals surface area contributed by atoms with Gasteiger partial charge in [-0.05, 0) is 80.3 Å². The van der Waals surface area contributed by atoms with Gasteiger partial charge in [-0.15, -0.1) is 0 Å². The van der Waals surface area contributed by atoms with E-state index in [1.165, 1.54) is 37.0 Å². The number of benzene rings is 1. The lowest BCUT2D eigenvalue weighted by molar-refractivity contribution is -0.112. The second kappa shape index (κ2) is 7.49. The zero-order valence-electron chi connectivity index (χ0n) is 13.2. The van der Waals surface area contributed by atoms with Crippen LogP contribution in [0.15, 0.2) is 42.6 Å². The monoisotopic (exact) mass is 311 g/mol. The molecule has 1 saturated carbocycles. The Balaban J connectivity index is 1.54. The predicted octanol–water partition coefficient (Wildman–Crippen LogP) is 4.83. The number of carbonyl (C=O) groups is 1. The Morgan fingerprint density at radius 3 is 2.39 bits per heavy atom. The molecular formula is C20H22FNO. The normalized spacial score (nSPS) is 21.1. The first-order valence-electron chi connectivity index (χ1n) is 8.41. The van der Waals surface area contributed by atoms with Gasteiger partial charge in [0.25, 0.3) is 0 Å². The molecule has 1 aliphatic rings. The number of aryl methyl sites for hydroxylation is 1. The first kappa shape index (κ1) is 15.9. The van der Waals surface area contributed by atoms with E-state index in [-0.39, 0.29) is 5.82 Å². The highest BCUT2D eigenvalue weighted by Crippen LogP contribution is 2.30. The van der Waals surface area contributed by atoms with E-state index in [0.717, 1.165) is 42.7 Å². The minimum atomic E-state index is -0.227. The minimum Gasteiger partial charge on any atom is -0.303 e. The van der Waals surface area contributed by atoms with E-state index in [0.29, 0.717) is 5.92 Å². The Hall–Kier alpha value is -2.03. The molecule has 3 heteroatoms. The molecule has 1 aliphatic carbocycles. The van der Waals surface area contributed by atoms with E-state index in [9.17, 15) is 9.18 Å².